The standard InChI is InChI=1S/C41H43N5O2S/c1-4-37-44-39-28(2)23-29(3)43-40(39)46(37)26-30-15-17-31(18-16-30)35-24-34(27-45-19-21-48-22-20-45)49-36(35)25-42-41(47)38(32-11-7-5-8-12-32)33-13-9-6-10-14-33/h5-18,23-24,38H,4,19-22,25-27H2,1-3H3,(H,42,47). The molecule has 8 heteroatoms. The molecule has 7 nitrogen and oxygen atoms in total. The molecule has 250 valence electrons. The van der Waals surface area contributed by atoms with Gasteiger partial charge in [-0.3, -0.25) is 9.69 Å². The van der Waals surface area contributed by atoms with Gasteiger partial charge < -0.3 is 14.6 Å². The highest BCUT2D eigenvalue weighted by atomic mass is 32.1. The number of aryl methyl sites for hydroxylation is 3. The predicted molar refractivity (Wildman–Crippen MR) is 198 cm³/mol. The number of carbonyl (C=O) groups excluding carboxylic acids is 1. The molecule has 0 bridgehead atoms. The van der Waals surface area contributed by atoms with E-state index in [0.29, 0.717) is 13.1 Å². The molecule has 1 saturated heterocycles. The summed E-state index contributed by atoms with van der Waals surface area (Å²) in [6.45, 7) is 11.8. The number of thiophene rings is 1. The number of nitrogens with zero attached hydrogens (tertiary/aromatic N) is 4. The molecule has 0 saturated carbocycles. The van der Waals surface area contributed by atoms with Crippen molar-refractivity contribution in [1.29, 1.82) is 0 Å². The van der Waals surface area contributed by atoms with Crippen molar-refractivity contribution < 1.29 is 9.53 Å². The Labute approximate surface area is 292 Å². The highest BCUT2D eigenvalue weighted by molar-refractivity contribution is 7.12. The fraction of sp³-hybridized carbons (Fsp3) is 0.293. The number of pyridine rings is 1. The van der Waals surface area contributed by atoms with Crippen molar-refractivity contribution in [2.24, 2.45) is 0 Å². The Kier molecular flexibility index (Phi) is 9.98. The van der Waals surface area contributed by atoms with Crippen LogP contribution >= 0.6 is 11.3 Å². The predicted octanol–water partition coefficient (Wildman–Crippen LogP) is 7.67. The number of rotatable bonds is 11. The summed E-state index contributed by atoms with van der Waals surface area (Å²) >= 11 is 1.79. The largest absolute Gasteiger partial charge is 0.379 e. The zero-order chi connectivity index (χ0) is 33.7. The van der Waals surface area contributed by atoms with Crippen molar-refractivity contribution in [3.05, 3.63) is 141 Å². The van der Waals surface area contributed by atoms with E-state index in [-0.39, 0.29) is 11.8 Å². The molecule has 7 rings (SSSR count). The summed E-state index contributed by atoms with van der Waals surface area (Å²) < 4.78 is 7.86. The molecule has 0 atom stereocenters. The average Bonchev–Trinajstić information content (AvgIpc) is 3.70. The number of benzene rings is 3. The zero-order valence-corrected chi connectivity index (χ0v) is 29.3. The normalized spacial score (nSPS) is 13.7. The van der Waals surface area contributed by atoms with E-state index < -0.39 is 0 Å². The second-order valence-corrected chi connectivity index (χ2v) is 14.0. The lowest BCUT2D eigenvalue weighted by Gasteiger charge is -2.25. The molecule has 1 N–H and O–H groups in total. The quantitative estimate of drug-likeness (QED) is 0.153. The fourth-order valence-corrected chi connectivity index (χ4v) is 8.00. The Bertz CT molecular complexity index is 1990. The van der Waals surface area contributed by atoms with E-state index in [1.807, 2.05) is 67.6 Å². The summed E-state index contributed by atoms with van der Waals surface area (Å²) in [4.78, 5) is 28.6. The maximum Gasteiger partial charge on any atom is 0.232 e. The third kappa shape index (κ3) is 7.37. The molecule has 1 aliphatic rings. The maximum absolute atomic E-state index is 13.9. The lowest BCUT2D eigenvalue weighted by molar-refractivity contribution is -0.121. The van der Waals surface area contributed by atoms with E-state index in [2.05, 4.69) is 65.0 Å². The van der Waals surface area contributed by atoms with Crippen LogP contribution in [0.5, 0.6) is 0 Å². The third-order valence-electron chi connectivity index (χ3n) is 9.32. The van der Waals surface area contributed by atoms with Crippen LogP contribution < -0.4 is 5.32 Å². The van der Waals surface area contributed by atoms with Gasteiger partial charge in [-0.15, -0.1) is 11.3 Å². The number of hydrogen-bond acceptors (Lipinski definition) is 6. The number of morpholine rings is 1. The number of fused-ring (bicyclic) bond motifs is 1. The minimum Gasteiger partial charge on any atom is -0.379 e. The van der Waals surface area contributed by atoms with Gasteiger partial charge >= 0.3 is 0 Å². The first-order valence-electron chi connectivity index (χ1n) is 17.2. The fourth-order valence-electron chi connectivity index (χ4n) is 6.83. The van der Waals surface area contributed by atoms with Crippen molar-refractivity contribution in [3.8, 4) is 11.1 Å². The van der Waals surface area contributed by atoms with Gasteiger partial charge in [-0.2, -0.15) is 0 Å². The number of nitrogens with one attached hydrogen (secondary N) is 1. The molecule has 0 radical (unpaired) electrons. The van der Waals surface area contributed by atoms with Crippen LogP contribution in [0, 0.1) is 13.8 Å². The van der Waals surface area contributed by atoms with Crippen molar-refractivity contribution in [1.82, 2.24) is 24.8 Å². The molecule has 4 heterocycles. The minimum absolute atomic E-state index is 0.000183. The molecule has 0 aliphatic carbocycles. The molecule has 3 aromatic heterocycles. The Morgan fingerprint density at radius 3 is 2.20 bits per heavy atom. The minimum atomic E-state index is -0.382. The van der Waals surface area contributed by atoms with Crippen LogP contribution in [-0.2, 0) is 35.6 Å². The van der Waals surface area contributed by atoms with Crippen molar-refractivity contribution in [2.45, 2.75) is 52.7 Å². The second-order valence-electron chi connectivity index (χ2n) is 12.8. The summed E-state index contributed by atoms with van der Waals surface area (Å²) in [6, 6.07) is 33.4. The van der Waals surface area contributed by atoms with Crippen LogP contribution in [-0.4, -0.2) is 51.6 Å². The number of aromatic nitrogens is 3. The van der Waals surface area contributed by atoms with Gasteiger partial charge in [-0.1, -0.05) is 91.9 Å². The van der Waals surface area contributed by atoms with Crippen LogP contribution in [0.15, 0.2) is 97.1 Å². The first-order valence-corrected chi connectivity index (χ1v) is 18.0. The van der Waals surface area contributed by atoms with Gasteiger partial charge in [0.15, 0.2) is 5.65 Å². The molecule has 3 aromatic carbocycles. The summed E-state index contributed by atoms with van der Waals surface area (Å²) in [5.74, 6) is 0.667. The second kappa shape index (κ2) is 14.9. The molecule has 0 spiro atoms. The summed E-state index contributed by atoms with van der Waals surface area (Å²) in [5, 5.41) is 3.32. The smallest absolute Gasteiger partial charge is 0.232 e. The van der Waals surface area contributed by atoms with E-state index in [4.69, 9.17) is 14.7 Å². The van der Waals surface area contributed by atoms with Gasteiger partial charge in [0.25, 0.3) is 0 Å². The van der Waals surface area contributed by atoms with E-state index in [1.165, 1.54) is 16.0 Å². The topological polar surface area (TPSA) is 72.3 Å². The maximum atomic E-state index is 13.9. The monoisotopic (exact) mass is 669 g/mol. The lowest BCUT2D eigenvalue weighted by atomic mass is 9.90. The first-order chi connectivity index (χ1) is 24.0. The van der Waals surface area contributed by atoms with Crippen LogP contribution in [0.2, 0.25) is 0 Å². The Balaban J connectivity index is 1.16. The average molecular weight is 670 g/mol. The van der Waals surface area contributed by atoms with Gasteiger partial charge in [0.05, 0.1) is 32.2 Å². The van der Waals surface area contributed by atoms with Gasteiger partial charge in [-0.25, -0.2) is 9.97 Å². The van der Waals surface area contributed by atoms with E-state index in [1.54, 1.807) is 11.3 Å². The number of ether oxygens (including phenoxy) is 1. The molecule has 6 aromatic rings. The summed E-state index contributed by atoms with van der Waals surface area (Å²) in [6.07, 6.45) is 0.845. The SMILES string of the molecule is CCc1nc2c(C)cc(C)nc2n1Cc1ccc(-c2cc(CN3CCOCC3)sc2CNC(=O)C(c2ccccc2)c2ccccc2)cc1. The first kappa shape index (κ1) is 32.9. The molecule has 0 unspecified atom stereocenters. The Hall–Kier alpha value is -4.63. The van der Waals surface area contributed by atoms with E-state index in [9.17, 15) is 4.79 Å². The number of amides is 1. The van der Waals surface area contributed by atoms with Gasteiger partial charge in [0.1, 0.15) is 11.3 Å². The van der Waals surface area contributed by atoms with Crippen LogP contribution in [0.4, 0.5) is 0 Å². The molecular weight excluding hydrogens is 627 g/mol. The van der Waals surface area contributed by atoms with E-state index in [0.717, 1.165) is 89.1 Å². The molecule has 49 heavy (non-hydrogen) atoms. The van der Waals surface area contributed by atoms with Crippen molar-refractivity contribution >= 4 is 28.4 Å². The highest BCUT2D eigenvalue weighted by Crippen LogP contribution is 2.34. The molecule has 1 fully saturated rings. The van der Waals surface area contributed by atoms with Crippen LogP contribution in [0.1, 0.15) is 56.4 Å². The number of carbonyl (C=O) groups is 1. The lowest BCUT2D eigenvalue weighted by Crippen LogP contribution is -2.35. The van der Waals surface area contributed by atoms with E-state index >= 15 is 0 Å². The zero-order valence-electron chi connectivity index (χ0n) is 28.5. The summed E-state index contributed by atoms with van der Waals surface area (Å²) in [7, 11) is 0. The van der Waals surface area contributed by atoms with Crippen LogP contribution in [0.25, 0.3) is 22.3 Å². The van der Waals surface area contributed by atoms with Gasteiger partial charge in [-0.05, 0) is 59.4 Å². The molecule has 1 amide bonds. The molecular formula is C41H43N5O2S. The molecule has 1 aliphatic heterocycles. The van der Waals surface area contributed by atoms with Crippen molar-refractivity contribution in [2.75, 3.05) is 26.3 Å². The third-order valence-corrected chi connectivity index (χ3v) is 10.4. The number of hydrogen-bond donors (Lipinski definition) is 1. The van der Waals surface area contributed by atoms with Crippen molar-refractivity contribution in [3.63, 3.8) is 0 Å². The van der Waals surface area contributed by atoms with Gasteiger partial charge in [0.2, 0.25) is 5.91 Å². The number of imidazole rings is 1. The van der Waals surface area contributed by atoms with Crippen LogP contribution in [0.3, 0.4) is 0 Å². The van der Waals surface area contributed by atoms with Gasteiger partial charge in [0, 0.05) is 41.5 Å². The highest BCUT2D eigenvalue weighted by Gasteiger charge is 2.24. The Morgan fingerprint density at radius 1 is 0.878 bits per heavy atom. The Morgan fingerprint density at radius 2 is 1.55 bits per heavy atom. The summed E-state index contributed by atoms with van der Waals surface area (Å²) in [5.41, 5.74) is 9.60.